The number of hydrogen-bond donors (Lipinski definition) is 3. The molecular weight excluding hydrogens is 180 g/mol. The lowest BCUT2D eigenvalue weighted by Crippen LogP contribution is -2.44. The molecule has 1 heterocycles. The summed E-state index contributed by atoms with van der Waals surface area (Å²) in [4.78, 5) is 4.23. The first-order valence-electron chi connectivity index (χ1n) is 4.51. The molecule has 0 aromatic carbocycles. The normalized spacial score (nSPS) is 11.9. The topological polar surface area (TPSA) is 75.6 Å². The van der Waals surface area contributed by atoms with Gasteiger partial charge in [0, 0.05) is 11.6 Å². The summed E-state index contributed by atoms with van der Waals surface area (Å²) in [5.74, 6) is 5.88. The lowest BCUT2D eigenvalue weighted by atomic mass is 10.3. The zero-order valence-electron chi connectivity index (χ0n) is 8.45. The van der Waals surface area contributed by atoms with Crippen LogP contribution in [0.1, 0.15) is 19.4 Å². The summed E-state index contributed by atoms with van der Waals surface area (Å²) >= 11 is 0. The van der Waals surface area contributed by atoms with E-state index in [4.69, 9.17) is 10.3 Å². The largest absolute Gasteiger partial charge is 0.472 e. The standard InChI is InChI=1S/C9H16N4O/c1-7(2)12-9(13-10)11-5-8-3-4-14-6-8/h3-4,6-7H,5,10H2,1-2H3,(H2,11,12,13). The third-order valence-corrected chi connectivity index (χ3v) is 1.56. The number of guanidine groups is 1. The molecule has 1 aromatic rings. The fourth-order valence-electron chi connectivity index (χ4n) is 0.959. The highest BCUT2D eigenvalue weighted by atomic mass is 16.3. The molecule has 0 aliphatic carbocycles. The number of furan rings is 1. The van der Waals surface area contributed by atoms with Crippen LogP contribution < -0.4 is 16.6 Å². The van der Waals surface area contributed by atoms with E-state index in [9.17, 15) is 0 Å². The zero-order chi connectivity index (χ0) is 10.4. The van der Waals surface area contributed by atoms with Crippen LogP contribution in [0.4, 0.5) is 0 Å². The number of hydrazine groups is 1. The van der Waals surface area contributed by atoms with E-state index in [1.54, 1.807) is 12.5 Å². The molecule has 5 heteroatoms. The second-order valence-corrected chi connectivity index (χ2v) is 3.24. The van der Waals surface area contributed by atoms with Crippen LogP contribution in [0.3, 0.4) is 0 Å². The summed E-state index contributed by atoms with van der Waals surface area (Å²) in [6.45, 7) is 4.59. The molecule has 14 heavy (non-hydrogen) atoms. The Morgan fingerprint density at radius 3 is 2.93 bits per heavy atom. The van der Waals surface area contributed by atoms with Crippen LogP contribution in [0.25, 0.3) is 0 Å². The van der Waals surface area contributed by atoms with Gasteiger partial charge in [0.1, 0.15) is 0 Å². The minimum atomic E-state index is 0.300. The highest BCUT2D eigenvalue weighted by molar-refractivity contribution is 5.79. The Morgan fingerprint density at radius 2 is 2.43 bits per heavy atom. The lowest BCUT2D eigenvalue weighted by molar-refractivity contribution is 0.564. The van der Waals surface area contributed by atoms with E-state index < -0.39 is 0 Å². The van der Waals surface area contributed by atoms with E-state index in [1.165, 1.54) is 0 Å². The van der Waals surface area contributed by atoms with Gasteiger partial charge in [0.2, 0.25) is 5.96 Å². The Labute approximate surface area is 83.4 Å². The number of nitrogens with two attached hydrogens (primary N) is 1. The first-order chi connectivity index (χ1) is 6.72. The smallest absolute Gasteiger partial charge is 0.206 e. The summed E-state index contributed by atoms with van der Waals surface area (Å²) in [7, 11) is 0. The predicted octanol–water partition coefficient (Wildman–Crippen LogP) is 0.597. The van der Waals surface area contributed by atoms with Crippen LogP contribution in [0.5, 0.6) is 0 Å². The average Bonchev–Trinajstić information content (AvgIpc) is 2.64. The SMILES string of the molecule is CC(C)NC(=NCc1ccoc1)NN. The highest BCUT2D eigenvalue weighted by Crippen LogP contribution is 2.00. The van der Waals surface area contributed by atoms with Gasteiger partial charge in [-0.05, 0) is 19.9 Å². The molecule has 0 fully saturated rings. The molecule has 0 saturated carbocycles. The van der Waals surface area contributed by atoms with Gasteiger partial charge < -0.3 is 9.73 Å². The van der Waals surface area contributed by atoms with Gasteiger partial charge >= 0.3 is 0 Å². The monoisotopic (exact) mass is 196 g/mol. The van der Waals surface area contributed by atoms with E-state index in [0.29, 0.717) is 18.5 Å². The Morgan fingerprint density at radius 1 is 1.64 bits per heavy atom. The molecule has 0 bridgehead atoms. The van der Waals surface area contributed by atoms with Crippen molar-refractivity contribution in [1.82, 2.24) is 10.7 Å². The Kier molecular flexibility index (Phi) is 4.00. The number of rotatable bonds is 3. The maximum absolute atomic E-state index is 5.29. The quantitative estimate of drug-likeness (QED) is 0.286. The third kappa shape index (κ3) is 3.49. The molecule has 0 amide bonds. The van der Waals surface area contributed by atoms with Crippen molar-refractivity contribution in [3.63, 3.8) is 0 Å². The zero-order valence-corrected chi connectivity index (χ0v) is 8.45. The second kappa shape index (κ2) is 5.29. The maximum Gasteiger partial charge on any atom is 0.206 e. The van der Waals surface area contributed by atoms with Crippen molar-refractivity contribution >= 4 is 5.96 Å². The van der Waals surface area contributed by atoms with E-state index in [-0.39, 0.29) is 0 Å². The van der Waals surface area contributed by atoms with Crippen LogP contribution >= 0.6 is 0 Å². The van der Waals surface area contributed by atoms with Crippen molar-refractivity contribution in [3.05, 3.63) is 24.2 Å². The molecule has 0 unspecified atom stereocenters. The molecule has 0 radical (unpaired) electrons. The molecule has 0 spiro atoms. The third-order valence-electron chi connectivity index (χ3n) is 1.56. The Bertz CT molecular complexity index is 279. The summed E-state index contributed by atoms with van der Waals surface area (Å²) in [5.41, 5.74) is 3.52. The van der Waals surface area contributed by atoms with Crippen molar-refractivity contribution in [2.45, 2.75) is 26.4 Å². The van der Waals surface area contributed by atoms with Gasteiger partial charge in [-0.25, -0.2) is 10.8 Å². The fourth-order valence-corrected chi connectivity index (χ4v) is 0.959. The van der Waals surface area contributed by atoms with E-state index in [2.05, 4.69) is 15.7 Å². The van der Waals surface area contributed by atoms with Gasteiger partial charge in [-0.2, -0.15) is 0 Å². The number of aliphatic imine (C=N–C) groups is 1. The van der Waals surface area contributed by atoms with Crippen LogP contribution in [0, 0.1) is 0 Å². The molecule has 0 saturated heterocycles. The number of nitrogens with zero attached hydrogens (tertiary/aromatic N) is 1. The predicted molar refractivity (Wildman–Crippen MR) is 55.4 cm³/mol. The fraction of sp³-hybridized carbons (Fsp3) is 0.444. The average molecular weight is 196 g/mol. The molecule has 78 valence electrons. The molecular formula is C9H16N4O. The second-order valence-electron chi connectivity index (χ2n) is 3.24. The molecule has 4 N–H and O–H groups in total. The summed E-state index contributed by atoms with van der Waals surface area (Å²) < 4.78 is 4.92. The van der Waals surface area contributed by atoms with Crippen LogP contribution in [0.2, 0.25) is 0 Å². The first-order valence-corrected chi connectivity index (χ1v) is 4.51. The molecule has 0 atom stereocenters. The van der Waals surface area contributed by atoms with Crippen LogP contribution in [-0.2, 0) is 6.54 Å². The molecule has 1 rings (SSSR count). The summed E-state index contributed by atoms with van der Waals surface area (Å²) in [6.07, 6.45) is 3.28. The molecule has 5 nitrogen and oxygen atoms in total. The molecule has 0 aliphatic heterocycles. The highest BCUT2D eigenvalue weighted by Gasteiger charge is 1.98. The van der Waals surface area contributed by atoms with Crippen molar-refractivity contribution in [1.29, 1.82) is 0 Å². The molecule has 0 aliphatic rings. The maximum atomic E-state index is 5.29. The first kappa shape index (κ1) is 10.6. The molecule has 1 aromatic heterocycles. The number of hydrogen-bond acceptors (Lipinski definition) is 3. The summed E-state index contributed by atoms with van der Waals surface area (Å²) in [5, 5.41) is 3.08. The van der Waals surface area contributed by atoms with Crippen LogP contribution in [-0.4, -0.2) is 12.0 Å². The lowest BCUT2D eigenvalue weighted by Gasteiger charge is -2.11. The van der Waals surface area contributed by atoms with Gasteiger partial charge in [0.05, 0.1) is 19.1 Å². The van der Waals surface area contributed by atoms with E-state index in [1.807, 2.05) is 19.9 Å². The summed E-state index contributed by atoms with van der Waals surface area (Å²) in [6, 6.07) is 2.17. The van der Waals surface area contributed by atoms with Gasteiger partial charge in [-0.15, -0.1) is 0 Å². The van der Waals surface area contributed by atoms with Crippen LogP contribution in [0.15, 0.2) is 28.0 Å². The van der Waals surface area contributed by atoms with Gasteiger partial charge in [0.15, 0.2) is 0 Å². The number of nitrogens with one attached hydrogen (secondary N) is 2. The minimum absolute atomic E-state index is 0.300. The van der Waals surface area contributed by atoms with Gasteiger partial charge in [0.25, 0.3) is 0 Å². The van der Waals surface area contributed by atoms with Crippen molar-refractivity contribution in [2.75, 3.05) is 0 Å². The van der Waals surface area contributed by atoms with Gasteiger partial charge in [-0.1, -0.05) is 0 Å². The Balaban J connectivity index is 2.48. The van der Waals surface area contributed by atoms with E-state index in [0.717, 1.165) is 5.56 Å². The van der Waals surface area contributed by atoms with Crippen molar-refractivity contribution in [2.24, 2.45) is 10.8 Å². The van der Waals surface area contributed by atoms with Crippen molar-refractivity contribution < 1.29 is 4.42 Å². The Hall–Kier alpha value is -1.49. The minimum Gasteiger partial charge on any atom is -0.472 e. The van der Waals surface area contributed by atoms with Crippen molar-refractivity contribution in [3.8, 4) is 0 Å². The van der Waals surface area contributed by atoms with Gasteiger partial charge in [-0.3, -0.25) is 5.43 Å². The van der Waals surface area contributed by atoms with E-state index >= 15 is 0 Å².